The molecule has 0 radical (unpaired) electrons. The molecule has 0 N–H and O–H groups in total. The van der Waals surface area contributed by atoms with Gasteiger partial charge in [0.05, 0.1) is 12.5 Å². The van der Waals surface area contributed by atoms with Crippen molar-refractivity contribution < 1.29 is 9.59 Å². The summed E-state index contributed by atoms with van der Waals surface area (Å²) >= 11 is 0. The molecule has 0 aliphatic carbocycles. The molecule has 1 aromatic carbocycles. The van der Waals surface area contributed by atoms with Gasteiger partial charge in [-0.15, -0.1) is 0 Å². The summed E-state index contributed by atoms with van der Waals surface area (Å²) in [5, 5.41) is 8.52. The number of nitriles is 1. The second-order valence-electron chi connectivity index (χ2n) is 6.29. The van der Waals surface area contributed by atoms with Crippen LogP contribution in [0.2, 0.25) is 0 Å². The number of piperidine rings is 1. The number of carbonyl (C=O) groups is 2. The van der Waals surface area contributed by atoms with Gasteiger partial charge in [-0.3, -0.25) is 9.59 Å². The van der Waals surface area contributed by atoms with Crippen LogP contribution in [-0.4, -0.2) is 29.7 Å². The van der Waals surface area contributed by atoms with E-state index < -0.39 is 0 Å². The minimum atomic E-state index is -0.212. The van der Waals surface area contributed by atoms with Crippen LogP contribution in [0.25, 0.3) is 0 Å². The predicted molar refractivity (Wildman–Crippen MR) is 79.9 cm³/mol. The maximum Gasteiger partial charge on any atom is 0.253 e. The van der Waals surface area contributed by atoms with Crippen molar-refractivity contribution in [2.45, 2.75) is 33.1 Å². The highest BCUT2D eigenvalue weighted by Gasteiger charge is 2.28. The van der Waals surface area contributed by atoms with Crippen LogP contribution in [0.5, 0.6) is 0 Å². The van der Waals surface area contributed by atoms with Gasteiger partial charge < -0.3 is 4.90 Å². The van der Waals surface area contributed by atoms with Crippen molar-refractivity contribution in [3.8, 4) is 6.07 Å². The molecule has 0 spiro atoms. The van der Waals surface area contributed by atoms with Crippen LogP contribution in [0.15, 0.2) is 24.3 Å². The minimum Gasteiger partial charge on any atom is -0.339 e. The summed E-state index contributed by atoms with van der Waals surface area (Å²) in [6.07, 6.45) is 1.89. The average Bonchev–Trinajstić information content (AvgIpc) is 2.47. The summed E-state index contributed by atoms with van der Waals surface area (Å²) in [5.41, 5.74) is 1.39. The van der Waals surface area contributed by atoms with Crippen LogP contribution in [0, 0.1) is 16.7 Å². The first-order valence-electron chi connectivity index (χ1n) is 7.22. The summed E-state index contributed by atoms with van der Waals surface area (Å²) in [4.78, 5) is 25.9. The van der Waals surface area contributed by atoms with Gasteiger partial charge in [0.25, 0.3) is 5.91 Å². The first kappa shape index (κ1) is 15.2. The fraction of sp³-hybridized carbons (Fsp3) is 0.471. The number of rotatable bonds is 3. The first-order valence-corrected chi connectivity index (χ1v) is 7.22. The highest BCUT2D eigenvalue weighted by Crippen LogP contribution is 2.30. The van der Waals surface area contributed by atoms with Crippen LogP contribution >= 0.6 is 0 Å². The normalized spacial score (nSPS) is 17.1. The van der Waals surface area contributed by atoms with Crippen molar-refractivity contribution in [2.24, 2.45) is 5.41 Å². The highest BCUT2D eigenvalue weighted by atomic mass is 16.2. The Hall–Kier alpha value is -2.15. The van der Waals surface area contributed by atoms with Gasteiger partial charge in [-0.2, -0.15) is 5.26 Å². The molecule has 1 aliphatic heterocycles. The molecule has 1 fully saturated rings. The minimum absolute atomic E-state index is 0.0183. The predicted octanol–water partition coefficient (Wildman–Crippen LogP) is 3.05. The van der Waals surface area contributed by atoms with Crippen LogP contribution in [-0.2, 0) is 0 Å². The third-order valence-corrected chi connectivity index (χ3v) is 4.10. The monoisotopic (exact) mass is 284 g/mol. The first-order chi connectivity index (χ1) is 9.93. The molecule has 0 aromatic heterocycles. The van der Waals surface area contributed by atoms with Gasteiger partial charge in [-0.1, -0.05) is 26.0 Å². The lowest BCUT2D eigenvalue weighted by Gasteiger charge is -2.36. The fourth-order valence-electron chi connectivity index (χ4n) is 2.47. The maximum atomic E-state index is 12.4. The number of nitrogens with zero attached hydrogens (tertiary/aromatic N) is 2. The molecule has 1 aromatic rings. The molecule has 21 heavy (non-hydrogen) atoms. The molecule has 0 saturated carbocycles. The van der Waals surface area contributed by atoms with E-state index in [2.05, 4.69) is 13.8 Å². The van der Waals surface area contributed by atoms with E-state index in [1.807, 2.05) is 11.0 Å². The van der Waals surface area contributed by atoms with Crippen molar-refractivity contribution in [2.75, 3.05) is 13.1 Å². The van der Waals surface area contributed by atoms with E-state index in [1.54, 1.807) is 24.3 Å². The Kier molecular flexibility index (Phi) is 4.42. The molecular formula is C17H20N2O2. The molecule has 1 amide bonds. The van der Waals surface area contributed by atoms with Gasteiger partial charge >= 0.3 is 0 Å². The van der Waals surface area contributed by atoms with Crippen LogP contribution < -0.4 is 0 Å². The third kappa shape index (κ3) is 3.69. The molecule has 110 valence electrons. The van der Waals surface area contributed by atoms with Gasteiger partial charge in [-0.25, -0.2) is 0 Å². The second kappa shape index (κ2) is 6.09. The highest BCUT2D eigenvalue weighted by molar-refractivity contribution is 5.99. The van der Waals surface area contributed by atoms with E-state index in [0.29, 0.717) is 16.5 Å². The SMILES string of the molecule is CC1(C)CCN(C(=O)c2ccc(C(=O)CC#N)cc2)CC1. The molecule has 2 rings (SSSR count). The zero-order chi connectivity index (χ0) is 15.5. The zero-order valence-electron chi connectivity index (χ0n) is 12.6. The topological polar surface area (TPSA) is 61.2 Å². The van der Waals surface area contributed by atoms with E-state index in [-0.39, 0.29) is 18.1 Å². The van der Waals surface area contributed by atoms with E-state index in [0.717, 1.165) is 25.9 Å². The van der Waals surface area contributed by atoms with Crippen molar-refractivity contribution in [3.63, 3.8) is 0 Å². The molecule has 1 saturated heterocycles. The van der Waals surface area contributed by atoms with E-state index in [1.165, 1.54) is 0 Å². The number of Topliss-reactive ketones (excluding diaryl/α,β-unsaturated/α-hetero) is 1. The van der Waals surface area contributed by atoms with Gasteiger partial charge in [0.2, 0.25) is 0 Å². The largest absolute Gasteiger partial charge is 0.339 e. The van der Waals surface area contributed by atoms with E-state index >= 15 is 0 Å². The maximum absolute atomic E-state index is 12.4. The number of amides is 1. The van der Waals surface area contributed by atoms with Crippen molar-refractivity contribution in [1.29, 1.82) is 5.26 Å². The quantitative estimate of drug-likeness (QED) is 0.801. The Balaban J connectivity index is 2.04. The molecule has 4 heteroatoms. The molecule has 1 aliphatic rings. The summed E-state index contributed by atoms with van der Waals surface area (Å²) < 4.78 is 0. The lowest BCUT2D eigenvalue weighted by atomic mass is 9.82. The lowest BCUT2D eigenvalue weighted by Crippen LogP contribution is -2.41. The number of ketones is 1. The molecule has 0 bridgehead atoms. The summed E-state index contributed by atoms with van der Waals surface area (Å²) in [6.45, 7) is 6.01. The second-order valence-corrected chi connectivity index (χ2v) is 6.29. The molecule has 0 unspecified atom stereocenters. The van der Waals surface area contributed by atoms with E-state index in [4.69, 9.17) is 5.26 Å². The van der Waals surface area contributed by atoms with Gasteiger partial charge in [0.15, 0.2) is 5.78 Å². The van der Waals surface area contributed by atoms with Crippen LogP contribution in [0.4, 0.5) is 0 Å². The van der Waals surface area contributed by atoms with E-state index in [9.17, 15) is 9.59 Å². The van der Waals surface area contributed by atoms with Crippen LogP contribution in [0.1, 0.15) is 53.8 Å². The lowest BCUT2D eigenvalue weighted by molar-refractivity contribution is 0.0630. The number of benzene rings is 1. The fourth-order valence-corrected chi connectivity index (χ4v) is 2.47. The summed E-state index contributed by atoms with van der Waals surface area (Å²) in [6, 6.07) is 8.44. The van der Waals surface area contributed by atoms with Crippen molar-refractivity contribution >= 4 is 11.7 Å². The molecule has 0 atom stereocenters. The van der Waals surface area contributed by atoms with Gasteiger partial charge in [-0.05, 0) is 30.4 Å². The summed E-state index contributed by atoms with van der Waals surface area (Å²) in [7, 11) is 0. The number of hydrogen-bond acceptors (Lipinski definition) is 3. The Labute approximate surface area is 125 Å². The molecule has 4 nitrogen and oxygen atoms in total. The smallest absolute Gasteiger partial charge is 0.253 e. The number of likely N-dealkylation sites (tertiary alicyclic amines) is 1. The number of carbonyl (C=O) groups excluding carboxylic acids is 2. The average molecular weight is 284 g/mol. The van der Waals surface area contributed by atoms with Crippen molar-refractivity contribution in [3.05, 3.63) is 35.4 Å². The Morgan fingerprint density at radius 2 is 1.67 bits per heavy atom. The standard InChI is InChI=1S/C17H20N2O2/c1-17(2)8-11-19(12-9-17)16(21)14-5-3-13(4-6-14)15(20)7-10-18/h3-6H,7-9,11-12H2,1-2H3. The third-order valence-electron chi connectivity index (χ3n) is 4.10. The van der Waals surface area contributed by atoms with Gasteiger partial charge in [0, 0.05) is 24.2 Å². The zero-order valence-corrected chi connectivity index (χ0v) is 12.6. The Morgan fingerprint density at radius 3 is 2.19 bits per heavy atom. The Morgan fingerprint density at radius 1 is 1.14 bits per heavy atom. The van der Waals surface area contributed by atoms with Crippen molar-refractivity contribution in [1.82, 2.24) is 4.90 Å². The molecule has 1 heterocycles. The van der Waals surface area contributed by atoms with Gasteiger partial charge in [0.1, 0.15) is 0 Å². The number of hydrogen-bond donors (Lipinski definition) is 0. The summed E-state index contributed by atoms with van der Waals surface area (Å²) in [5.74, 6) is -0.194. The Bertz CT molecular complexity index is 572. The molecular weight excluding hydrogens is 264 g/mol. The van der Waals surface area contributed by atoms with Crippen LogP contribution in [0.3, 0.4) is 0 Å².